The molecule has 0 spiro atoms. The van der Waals surface area contributed by atoms with Crippen LogP contribution in [0, 0.1) is 6.92 Å². The van der Waals surface area contributed by atoms with Gasteiger partial charge in [-0.3, -0.25) is 0 Å². The van der Waals surface area contributed by atoms with Crippen molar-refractivity contribution in [3.05, 3.63) is 5.82 Å². The molecule has 14 heavy (non-hydrogen) atoms. The zero-order valence-corrected chi connectivity index (χ0v) is 8.97. The lowest BCUT2D eigenvalue weighted by Gasteiger charge is -2.07. The van der Waals surface area contributed by atoms with Gasteiger partial charge in [0.05, 0.1) is 12.3 Å². The van der Waals surface area contributed by atoms with Gasteiger partial charge in [-0.05, 0) is 13.8 Å². The number of oxime groups is 1. The number of hydrogen-bond acceptors (Lipinski definition) is 6. The molecule has 5 nitrogen and oxygen atoms in total. The lowest BCUT2D eigenvalue weighted by atomic mass is 10.2. The van der Waals surface area contributed by atoms with E-state index in [1.165, 1.54) is 11.5 Å². The maximum atomic E-state index is 5.18. The molecule has 0 fully saturated rings. The van der Waals surface area contributed by atoms with E-state index in [2.05, 4.69) is 19.8 Å². The lowest BCUT2D eigenvalue weighted by Crippen LogP contribution is -2.19. The van der Waals surface area contributed by atoms with Crippen molar-refractivity contribution in [2.75, 3.05) is 11.9 Å². The van der Waals surface area contributed by atoms with E-state index in [1.54, 1.807) is 0 Å². The SMILES string of the molecule is CC1=NO[C@H](CNc2nc(C)ns2)C1. The van der Waals surface area contributed by atoms with E-state index in [0.717, 1.165) is 29.6 Å². The summed E-state index contributed by atoms with van der Waals surface area (Å²) in [5, 5.41) is 7.90. The largest absolute Gasteiger partial charge is 0.390 e. The molecular formula is C8H12N4OS. The van der Waals surface area contributed by atoms with Crippen LogP contribution in [0.3, 0.4) is 0 Å². The first-order valence-corrected chi connectivity index (χ1v) is 5.25. The third kappa shape index (κ3) is 2.20. The van der Waals surface area contributed by atoms with Crippen LogP contribution in [0.15, 0.2) is 5.16 Å². The molecule has 1 atom stereocenters. The maximum absolute atomic E-state index is 5.18. The summed E-state index contributed by atoms with van der Waals surface area (Å²) in [5.41, 5.74) is 1.05. The van der Waals surface area contributed by atoms with Gasteiger partial charge in [-0.25, -0.2) is 4.98 Å². The second-order valence-electron chi connectivity index (χ2n) is 3.29. The van der Waals surface area contributed by atoms with Crippen LogP contribution in [-0.4, -0.2) is 27.7 Å². The van der Waals surface area contributed by atoms with E-state index in [-0.39, 0.29) is 6.10 Å². The molecule has 0 saturated carbocycles. The number of rotatable bonds is 3. The molecule has 1 N–H and O–H groups in total. The average Bonchev–Trinajstić information content (AvgIpc) is 2.72. The standard InChI is InChI=1S/C8H12N4OS/c1-5-3-7(13-11-5)4-9-8-10-6(2)12-14-8/h7H,3-4H2,1-2H3,(H,9,10,12)/t7-/m0/s1. The average molecular weight is 212 g/mol. The van der Waals surface area contributed by atoms with Crippen LogP contribution in [0.25, 0.3) is 0 Å². The number of nitrogens with zero attached hydrogens (tertiary/aromatic N) is 3. The minimum atomic E-state index is 0.138. The molecule has 6 heteroatoms. The summed E-state index contributed by atoms with van der Waals surface area (Å²) in [7, 11) is 0. The Balaban J connectivity index is 1.78. The molecule has 2 rings (SSSR count). The Morgan fingerprint density at radius 1 is 1.57 bits per heavy atom. The highest BCUT2D eigenvalue weighted by Crippen LogP contribution is 2.13. The van der Waals surface area contributed by atoms with Gasteiger partial charge >= 0.3 is 0 Å². The second kappa shape index (κ2) is 3.91. The van der Waals surface area contributed by atoms with Gasteiger partial charge in [0.15, 0.2) is 0 Å². The molecule has 0 radical (unpaired) electrons. The monoisotopic (exact) mass is 212 g/mol. The lowest BCUT2D eigenvalue weighted by molar-refractivity contribution is 0.0949. The van der Waals surface area contributed by atoms with Crippen molar-refractivity contribution in [3.8, 4) is 0 Å². The van der Waals surface area contributed by atoms with Gasteiger partial charge in [0.1, 0.15) is 11.9 Å². The Kier molecular flexibility index (Phi) is 2.62. The number of aromatic nitrogens is 2. The molecule has 76 valence electrons. The number of aryl methyl sites for hydroxylation is 1. The highest BCUT2D eigenvalue weighted by Gasteiger charge is 2.17. The zero-order valence-electron chi connectivity index (χ0n) is 8.15. The minimum Gasteiger partial charge on any atom is -0.390 e. The molecule has 0 aliphatic carbocycles. The van der Waals surface area contributed by atoms with Gasteiger partial charge < -0.3 is 10.2 Å². The molecule has 1 aliphatic heterocycles. The third-order valence-electron chi connectivity index (χ3n) is 1.89. The van der Waals surface area contributed by atoms with E-state index >= 15 is 0 Å². The molecule has 2 heterocycles. The van der Waals surface area contributed by atoms with Crippen LogP contribution >= 0.6 is 11.5 Å². The van der Waals surface area contributed by atoms with Gasteiger partial charge in [-0.15, -0.1) is 0 Å². The van der Waals surface area contributed by atoms with Crippen molar-refractivity contribution >= 4 is 22.4 Å². The summed E-state index contributed by atoms with van der Waals surface area (Å²) >= 11 is 1.37. The minimum absolute atomic E-state index is 0.138. The first kappa shape index (κ1) is 9.39. The maximum Gasteiger partial charge on any atom is 0.202 e. The van der Waals surface area contributed by atoms with Crippen LogP contribution in [0.2, 0.25) is 0 Å². The molecule has 0 bridgehead atoms. The topological polar surface area (TPSA) is 59.4 Å². The second-order valence-corrected chi connectivity index (χ2v) is 4.04. The van der Waals surface area contributed by atoms with Gasteiger partial charge in [0, 0.05) is 18.0 Å². The van der Waals surface area contributed by atoms with Crippen LogP contribution < -0.4 is 5.32 Å². The van der Waals surface area contributed by atoms with E-state index < -0.39 is 0 Å². The summed E-state index contributed by atoms with van der Waals surface area (Å²) in [6, 6.07) is 0. The van der Waals surface area contributed by atoms with Crippen molar-refractivity contribution in [1.82, 2.24) is 9.36 Å². The van der Waals surface area contributed by atoms with Gasteiger partial charge in [0.2, 0.25) is 5.13 Å². The molecule has 1 aromatic heterocycles. The normalized spacial score (nSPS) is 20.4. The smallest absolute Gasteiger partial charge is 0.202 e. The zero-order chi connectivity index (χ0) is 9.97. The van der Waals surface area contributed by atoms with Gasteiger partial charge in [-0.1, -0.05) is 5.16 Å². The van der Waals surface area contributed by atoms with Crippen molar-refractivity contribution in [3.63, 3.8) is 0 Å². The van der Waals surface area contributed by atoms with Gasteiger partial charge in [0.25, 0.3) is 0 Å². The predicted octanol–water partition coefficient (Wildman–Crippen LogP) is 1.42. The van der Waals surface area contributed by atoms with E-state index in [9.17, 15) is 0 Å². The first-order chi connectivity index (χ1) is 6.74. The Hall–Kier alpha value is -1.17. The fourth-order valence-corrected chi connectivity index (χ4v) is 1.83. The highest BCUT2D eigenvalue weighted by atomic mass is 32.1. The van der Waals surface area contributed by atoms with Crippen molar-refractivity contribution in [2.24, 2.45) is 5.16 Å². The summed E-state index contributed by atoms with van der Waals surface area (Å²) in [6.07, 6.45) is 1.03. The molecule has 0 amide bonds. The molecule has 1 aliphatic rings. The van der Waals surface area contributed by atoms with E-state index in [4.69, 9.17) is 4.84 Å². The molecule has 0 unspecified atom stereocenters. The fourth-order valence-electron chi connectivity index (χ4n) is 1.25. The van der Waals surface area contributed by atoms with E-state index in [1.807, 2.05) is 13.8 Å². The molecular weight excluding hydrogens is 200 g/mol. The van der Waals surface area contributed by atoms with Crippen molar-refractivity contribution in [1.29, 1.82) is 0 Å². The molecule has 0 aromatic carbocycles. The fraction of sp³-hybridized carbons (Fsp3) is 0.625. The molecule has 1 aromatic rings. The van der Waals surface area contributed by atoms with Crippen LogP contribution in [0.5, 0.6) is 0 Å². The summed E-state index contributed by atoms with van der Waals surface area (Å²) < 4.78 is 4.08. The van der Waals surface area contributed by atoms with Crippen LogP contribution in [0.4, 0.5) is 5.13 Å². The Morgan fingerprint density at radius 2 is 2.43 bits per heavy atom. The molecule has 0 saturated heterocycles. The highest BCUT2D eigenvalue weighted by molar-refractivity contribution is 7.09. The van der Waals surface area contributed by atoms with Crippen LogP contribution in [-0.2, 0) is 4.84 Å². The van der Waals surface area contributed by atoms with Crippen molar-refractivity contribution < 1.29 is 4.84 Å². The number of hydrogen-bond donors (Lipinski definition) is 1. The third-order valence-corrected chi connectivity index (χ3v) is 2.65. The summed E-state index contributed by atoms with van der Waals surface area (Å²) in [4.78, 5) is 9.37. The van der Waals surface area contributed by atoms with Crippen molar-refractivity contribution in [2.45, 2.75) is 26.4 Å². The Labute approximate surface area is 86.3 Å². The summed E-state index contributed by atoms with van der Waals surface area (Å²) in [5.74, 6) is 0.803. The van der Waals surface area contributed by atoms with Crippen LogP contribution in [0.1, 0.15) is 19.2 Å². The number of nitrogens with one attached hydrogen (secondary N) is 1. The predicted molar refractivity (Wildman–Crippen MR) is 55.7 cm³/mol. The summed E-state index contributed by atoms with van der Waals surface area (Å²) in [6.45, 7) is 4.57. The van der Waals surface area contributed by atoms with E-state index in [0.29, 0.717) is 0 Å². The van der Waals surface area contributed by atoms with Gasteiger partial charge in [-0.2, -0.15) is 4.37 Å². The first-order valence-electron chi connectivity index (χ1n) is 4.47. The Bertz CT molecular complexity index is 349. The quantitative estimate of drug-likeness (QED) is 0.823. The Morgan fingerprint density at radius 3 is 3.00 bits per heavy atom. The number of anilines is 1.